The summed E-state index contributed by atoms with van der Waals surface area (Å²) < 4.78 is 5.36. The summed E-state index contributed by atoms with van der Waals surface area (Å²) >= 11 is 0. The highest BCUT2D eigenvalue weighted by atomic mass is 16.5. The zero-order valence-corrected chi connectivity index (χ0v) is 11.3. The van der Waals surface area contributed by atoms with E-state index in [0.717, 1.165) is 0 Å². The average molecular weight is 265 g/mol. The highest BCUT2D eigenvalue weighted by molar-refractivity contribution is 5.99. The molecule has 19 heavy (non-hydrogen) atoms. The van der Waals surface area contributed by atoms with Crippen LogP contribution in [0.3, 0.4) is 0 Å². The highest BCUT2D eigenvalue weighted by Crippen LogP contribution is 2.11. The maximum atomic E-state index is 11.7. The lowest BCUT2D eigenvalue weighted by Crippen LogP contribution is -2.27. The molecular formula is C13H19N3O3. The first kappa shape index (κ1) is 15.0. The lowest BCUT2D eigenvalue weighted by molar-refractivity contribution is -0.125. The van der Waals surface area contributed by atoms with Gasteiger partial charge in [0.2, 0.25) is 5.91 Å². The fourth-order valence-electron chi connectivity index (χ4n) is 1.29. The van der Waals surface area contributed by atoms with Gasteiger partial charge in [-0.25, -0.2) is 0 Å². The van der Waals surface area contributed by atoms with Gasteiger partial charge in [-0.15, -0.1) is 0 Å². The van der Waals surface area contributed by atoms with E-state index in [1.165, 1.54) is 0 Å². The lowest BCUT2D eigenvalue weighted by Gasteiger charge is -2.19. The van der Waals surface area contributed by atoms with Crippen molar-refractivity contribution in [2.24, 2.45) is 10.9 Å². The Morgan fingerprint density at radius 3 is 2.74 bits per heavy atom. The summed E-state index contributed by atoms with van der Waals surface area (Å²) in [7, 11) is 0. The second-order valence-electron chi connectivity index (χ2n) is 5.02. The van der Waals surface area contributed by atoms with E-state index in [4.69, 9.17) is 15.7 Å². The van der Waals surface area contributed by atoms with Crippen molar-refractivity contribution in [2.75, 3.05) is 11.9 Å². The summed E-state index contributed by atoms with van der Waals surface area (Å²) in [4.78, 5) is 11.7. The summed E-state index contributed by atoms with van der Waals surface area (Å²) in [6.07, 6.45) is 0. The number of oxime groups is 1. The maximum Gasteiger partial charge on any atom is 0.250 e. The van der Waals surface area contributed by atoms with Gasteiger partial charge in [-0.05, 0) is 32.9 Å². The number of nitrogens with one attached hydrogen (secondary N) is 1. The topological polar surface area (TPSA) is 96.9 Å². The van der Waals surface area contributed by atoms with Gasteiger partial charge in [0.15, 0.2) is 5.84 Å². The second kappa shape index (κ2) is 6.19. The molecule has 1 aromatic rings. The summed E-state index contributed by atoms with van der Waals surface area (Å²) in [6.45, 7) is 5.59. The molecule has 1 rings (SSSR count). The molecule has 104 valence electrons. The molecule has 0 radical (unpaired) electrons. The molecule has 0 bridgehead atoms. The van der Waals surface area contributed by atoms with Crippen LogP contribution in [0.25, 0.3) is 0 Å². The fourth-order valence-corrected chi connectivity index (χ4v) is 1.29. The van der Waals surface area contributed by atoms with E-state index < -0.39 is 0 Å². The SMILES string of the molecule is CC(C)(C)OCC(=O)Nc1cccc(/C(N)=N/O)c1. The third-order valence-electron chi connectivity index (χ3n) is 2.19. The molecule has 1 aromatic carbocycles. The lowest BCUT2D eigenvalue weighted by atomic mass is 10.2. The van der Waals surface area contributed by atoms with Crippen molar-refractivity contribution in [3.8, 4) is 0 Å². The van der Waals surface area contributed by atoms with Gasteiger partial charge >= 0.3 is 0 Å². The standard InChI is InChI=1S/C13H19N3O3/c1-13(2,3)19-8-11(17)15-10-6-4-5-9(7-10)12(14)16-18/h4-7,18H,8H2,1-3H3,(H2,14,16)(H,15,17). The van der Waals surface area contributed by atoms with Crippen molar-refractivity contribution < 1.29 is 14.7 Å². The Kier molecular flexibility index (Phi) is 4.88. The number of anilines is 1. The van der Waals surface area contributed by atoms with Crippen LogP contribution in [0.1, 0.15) is 26.3 Å². The molecule has 0 saturated carbocycles. The minimum atomic E-state index is -0.368. The van der Waals surface area contributed by atoms with E-state index >= 15 is 0 Å². The maximum absolute atomic E-state index is 11.7. The van der Waals surface area contributed by atoms with Gasteiger partial charge in [-0.2, -0.15) is 0 Å². The van der Waals surface area contributed by atoms with E-state index in [9.17, 15) is 4.79 Å². The number of amidine groups is 1. The average Bonchev–Trinajstić information content (AvgIpc) is 2.35. The number of carbonyl (C=O) groups is 1. The Balaban J connectivity index is 2.65. The van der Waals surface area contributed by atoms with Crippen LogP contribution in [0.15, 0.2) is 29.4 Å². The monoisotopic (exact) mass is 265 g/mol. The first-order valence-corrected chi connectivity index (χ1v) is 5.83. The van der Waals surface area contributed by atoms with Crippen molar-refractivity contribution in [1.82, 2.24) is 0 Å². The van der Waals surface area contributed by atoms with Gasteiger partial charge in [0.05, 0.1) is 5.60 Å². The smallest absolute Gasteiger partial charge is 0.250 e. The summed E-state index contributed by atoms with van der Waals surface area (Å²) in [6, 6.07) is 6.71. The van der Waals surface area contributed by atoms with Gasteiger partial charge in [0.25, 0.3) is 0 Å². The van der Waals surface area contributed by atoms with Crippen LogP contribution >= 0.6 is 0 Å². The van der Waals surface area contributed by atoms with Crippen LogP contribution in [0.2, 0.25) is 0 Å². The number of ether oxygens (including phenoxy) is 1. The Labute approximate surface area is 112 Å². The Bertz CT molecular complexity index is 478. The van der Waals surface area contributed by atoms with Crippen LogP contribution in [-0.4, -0.2) is 29.2 Å². The van der Waals surface area contributed by atoms with Gasteiger partial charge in [0.1, 0.15) is 6.61 Å². The predicted octanol–water partition coefficient (Wildman–Crippen LogP) is 1.53. The summed E-state index contributed by atoms with van der Waals surface area (Å²) in [5.41, 5.74) is 6.19. The third kappa shape index (κ3) is 5.39. The number of amides is 1. The van der Waals surface area contributed by atoms with Crippen LogP contribution in [0, 0.1) is 0 Å². The van der Waals surface area contributed by atoms with E-state index in [0.29, 0.717) is 11.3 Å². The molecule has 0 aromatic heterocycles. The van der Waals surface area contributed by atoms with Crippen LogP contribution < -0.4 is 11.1 Å². The first-order chi connectivity index (χ1) is 8.81. The zero-order chi connectivity index (χ0) is 14.5. The molecule has 0 atom stereocenters. The third-order valence-corrected chi connectivity index (χ3v) is 2.19. The molecule has 6 nitrogen and oxygen atoms in total. The normalized spacial score (nSPS) is 12.3. The van der Waals surface area contributed by atoms with E-state index in [-0.39, 0.29) is 24.0 Å². The Morgan fingerprint density at radius 1 is 1.47 bits per heavy atom. The molecule has 0 aliphatic heterocycles. The zero-order valence-electron chi connectivity index (χ0n) is 11.3. The number of hydrogen-bond acceptors (Lipinski definition) is 4. The van der Waals surface area contributed by atoms with Gasteiger partial charge in [-0.3, -0.25) is 4.79 Å². The predicted molar refractivity (Wildman–Crippen MR) is 73.3 cm³/mol. The number of benzene rings is 1. The van der Waals surface area contributed by atoms with Gasteiger partial charge in [0, 0.05) is 11.3 Å². The molecule has 6 heteroatoms. The van der Waals surface area contributed by atoms with E-state index in [2.05, 4.69) is 10.5 Å². The van der Waals surface area contributed by atoms with Crippen LogP contribution in [-0.2, 0) is 9.53 Å². The number of hydrogen-bond donors (Lipinski definition) is 3. The molecule has 4 N–H and O–H groups in total. The molecule has 0 heterocycles. The van der Waals surface area contributed by atoms with Gasteiger partial charge < -0.3 is 21.0 Å². The summed E-state index contributed by atoms with van der Waals surface area (Å²) in [5, 5.41) is 14.2. The number of carbonyl (C=O) groups excluding carboxylic acids is 1. The van der Waals surface area contributed by atoms with Crippen molar-refractivity contribution in [1.29, 1.82) is 0 Å². The molecule has 0 unspecified atom stereocenters. The molecule has 0 aliphatic rings. The number of nitrogens with two attached hydrogens (primary N) is 1. The molecule has 1 amide bonds. The quantitative estimate of drug-likeness (QED) is 0.333. The minimum absolute atomic E-state index is 0.0120. The number of rotatable bonds is 4. The van der Waals surface area contributed by atoms with E-state index in [1.807, 2.05) is 20.8 Å². The number of nitrogens with zero attached hydrogens (tertiary/aromatic N) is 1. The Hall–Kier alpha value is -2.08. The van der Waals surface area contributed by atoms with Gasteiger partial charge in [-0.1, -0.05) is 17.3 Å². The van der Waals surface area contributed by atoms with Crippen LogP contribution in [0.5, 0.6) is 0 Å². The van der Waals surface area contributed by atoms with Crippen LogP contribution in [0.4, 0.5) is 5.69 Å². The fraction of sp³-hybridized carbons (Fsp3) is 0.385. The molecule has 0 spiro atoms. The van der Waals surface area contributed by atoms with Crippen molar-refractivity contribution in [2.45, 2.75) is 26.4 Å². The molecular weight excluding hydrogens is 246 g/mol. The molecule has 0 saturated heterocycles. The van der Waals surface area contributed by atoms with Crippen molar-refractivity contribution in [3.05, 3.63) is 29.8 Å². The second-order valence-corrected chi connectivity index (χ2v) is 5.02. The van der Waals surface area contributed by atoms with Crippen molar-refractivity contribution in [3.63, 3.8) is 0 Å². The largest absolute Gasteiger partial charge is 0.409 e. The minimum Gasteiger partial charge on any atom is -0.409 e. The Morgan fingerprint density at radius 2 is 2.16 bits per heavy atom. The molecule has 0 aliphatic carbocycles. The molecule has 0 fully saturated rings. The first-order valence-electron chi connectivity index (χ1n) is 5.83. The highest BCUT2D eigenvalue weighted by Gasteiger charge is 2.13. The van der Waals surface area contributed by atoms with Crippen molar-refractivity contribution >= 4 is 17.4 Å². The summed E-state index contributed by atoms with van der Waals surface area (Å²) in [5.74, 6) is -0.270. The van der Waals surface area contributed by atoms with E-state index in [1.54, 1.807) is 24.3 Å².